The molecule has 1 saturated carbocycles. The first-order chi connectivity index (χ1) is 9.28. The topological polar surface area (TPSA) is 30.7 Å². The maximum Gasteiger partial charge on any atom is 0.114 e. The Morgan fingerprint density at radius 3 is 2.68 bits per heavy atom. The minimum Gasteiger partial charge on any atom is -0.176 e. The van der Waals surface area contributed by atoms with Crippen LogP contribution in [0.3, 0.4) is 0 Å². The van der Waals surface area contributed by atoms with Crippen molar-refractivity contribution < 1.29 is 0 Å². The standard InChI is InChI=1S/C15H18ClN3/c1-2-15(11-6-4-3-5-7-11)19-17-13-9-8-12(16)10-14(13)18-19/h2,8-11,15H,1,3-7H2. The van der Waals surface area contributed by atoms with Crippen LogP contribution >= 0.6 is 11.6 Å². The molecule has 4 heteroatoms. The fraction of sp³-hybridized carbons (Fsp3) is 0.467. The number of halogens is 1. The van der Waals surface area contributed by atoms with Gasteiger partial charge in [0.25, 0.3) is 0 Å². The molecule has 1 fully saturated rings. The van der Waals surface area contributed by atoms with Gasteiger partial charge in [-0.25, -0.2) is 0 Å². The molecule has 0 bridgehead atoms. The van der Waals surface area contributed by atoms with E-state index in [4.69, 9.17) is 11.6 Å². The largest absolute Gasteiger partial charge is 0.176 e. The molecule has 1 aliphatic carbocycles. The number of hydrogen-bond donors (Lipinski definition) is 0. The highest BCUT2D eigenvalue weighted by atomic mass is 35.5. The molecule has 19 heavy (non-hydrogen) atoms. The summed E-state index contributed by atoms with van der Waals surface area (Å²) in [6.07, 6.45) is 8.44. The van der Waals surface area contributed by atoms with E-state index < -0.39 is 0 Å². The van der Waals surface area contributed by atoms with Gasteiger partial charge in [-0.05, 0) is 37.0 Å². The van der Waals surface area contributed by atoms with Gasteiger partial charge in [0.1, 0.15) is 11.0 Å². The van der Waals surface area contributed by atoms with Crippen molar-refractivity contribution in [2.45, 2.75) is 38.1 Å². The quantitative estimate of drug-likeness (QED) is 0.778. The zero-order valence-corrected chi connectivity index (χ0v) is 11.7. The van der Waals surface area contributed by atoms with Crippen LogP contribution in [0.5, 0.6) is 0 Å². The molecule has 1 aromatic heterocycles. The van der Waals surface area contributed by atoms with Crippen LogP contribution in [0.15, 0.2) is 30.9 Å². The number of fused-ring (bicyclic) bond motifs is 1. The van der Waals surface area contributed by atoms with Crippen LogP contribution < -0.4 is 0 Å². The zero-order chi connectivity index (χ0) is 13.2. The molecule has 3 rings (SSSR count). The van der Waals surface area contributed by atoms with Gasteiger partial charge in [-0.15, -0.1) is 6.58 Å². The molecule has 1 heterocycles. The van der Waals surface area contributed by atoms with Crippen molar-refractivity contribution in [3.05, 3.63) is 35.9 Å². The van der Waals surface area contributed by atoms with E-state index in [1.807, 2.05) is 29.1 Å². The lowest BCUT2D eigenvalue weighted by molar-refractivity contribution is 0.258. The smallest absolute Gasteiger partial charge is 0.114 e. The molecule has 2 aromatic rings. The lowest BCUT2D eigenvalue weighted by Gasteiger charge is -2.27. The van der Waals surface area contributed by atoms with Gasteiger partial charge in [0, 0.05) is 5.02 Å². The molecule has 0 spiro atoms. The summed E-state index contributed by atoms with van der Waals surface area (Å²) < 4.78 is 0. The van der Waals surface area contributed by atoms with E-state index in [9.17, 15) is 0 Å². The Hall–Kier alpha value is -1.35. The molecule has 1 unspecified atom stereocenters. The molecule has 0 radical (unpaired) electrons. The van der Waals surface area contributed by atoms with Gasteiger partial charge >= 0.3 is 0 Å². The average molecular weight is 276 g/mol. The SMILES string of the molecule is C=CC(C1CCCCC1)n1nc2ccc(Cl)cc2n1. The Kier molecular flexibility index (Phi) is 3.56. The second-order valence-electron chi connectivity index (χ2n) is 5.28. The third kappa shape index (κ3) is 2.52. The Labute approximate surface area is 118 Å². The summed E-state index contributed by atoms with van der Waals surface area (Å²) in [7, 11) is 0. The van der Waals surface area contributed by atoms with Gasteiger partial charge in [0.2, 0.25) is 0 Å². The fourth-order valence-electron chi connectivity index (χ4n) is 2.99. The van der Waals surface area contributed by atoms with Gasteiger partial charge in [-0.2, -0.15) is 15.0 Å². The third-order valence-corrected chi connectivity index (χ3v) is 4.23. The van der Waals surface area contributed by atoms with Gasteiger partial charge in [0.15, 0.2) is 0 Å². The Bertz CT molecular complexity index is 584. The van der Waals surface area contributed by atoms with Crippen LogP contribution in [0.25, 0.3) is 11.0 Å². The van der Waals surface area contributed by atoms with Gasteiger partial charge < -0.3 is 0 Å². The number of hydrogen-bond acceptors (Lipinski definition) is 2. The van der Waals surface area contributed by atoms with E-state index >= 15 is 0 Å². The second kappa shape index (κ2) is 5.33. The van der Waals surface area contributed by atoms with E-state index in [2.05, 4.69) is 16.8 Å². The Morgan fingerprint density at radius 2 is 1.95 bits per heavy atom. The maximum atomic E-state index is 5.99. The van der Waals surface area contributed by atoms with Crippen LogP contribution in [-0.2, 0) is 0 Å². The number of nitrogens with zero attached hydrogens (tertiary/aromatic N) is 3. The molecule has 0 saturated heterocycles. The minimum absolute atomic E-state index is 0.200. The van der Waals surface area contributed by atoms with Crippen molar-refractivity contribution in [2.75, 3.05) is 0 Å². The summed E-state index contributed by atoms with van der Waals surface area (Å²) in [6, 6.07) is 5.84. The predicted octanol–water partition coefficient (Wildman–Crippen LogP) is 4.39. The van der Waals surface area contributed by atoms with Crippen molar-refractivity contribution >= 4 is 22.6 Å². The molecule has 1 aliphatic rings. The highest BCUT2D eigenvalue weighted by molar-refractivity contribution is 6.31. The van der Waals surface area contributed by atoms with Crippen LogP contribution in [0.4, 0.5) is 0 Å². The average Bonchev–Trinajstić information content (AvgIpc) is 2.83. The molecular formula is C15H18ClN3. The van der Waals surface area contributed by atoms with Crippen LogP contribution in [0.2, 0.25) is 5.02 Å². The van der Waals surface area contributed by atoms with E-state index in [0.29, 0.717) is 10.9 Å². The van der Waals surface area contributed by atoms with E-state index in [-0.39, 0.29) is 6.04 Å². The summed E-state index contributed by atoms with van der Waals surface area (Å²) in [6.45, 7) is 3.97. The predicted molar refractivity (Wildman–Crippen MR) is 78.3 cm³/mol. The monoisotopic (exact) mass is 275 g/mol. The fourth-order valence-corrected chi connectivity index (χ4v) is 3.16. The Morgan fingerprint density at radius 1 is 1.21 bits per heavy atom. The molecular weight excluding hydrogens is 258 g/mol. The first-order valence-corrected chi connectivity index (χ1v) is 7.30. The first-order valence-electron chi connectivity index (χ1n) is 6.92. The van der Waals surface area contributed by atoms with E-state index in [0.717, 1.165) is 11.0 Å². The summed E-state index contributed by atoms with van der Waals surface area (Å²) in [4.78, 5) is 1.82. The minimum atomic E-state index is 0.200. The highest BCUT2D eigenvalue weighted by Crippen LogP contribution is 2.33. The number of allylic oxidation sites excluding steroid dienone is 1. The van der Waals surface area contributed by atoms with Crippen LogP contribution in [-0.4, -0.2) is 15.0 Å². The van der Waals surface area contributed by atoms with Gasteiger partial charge in [-0.3, -0.25) is 0 Å². The van der Waals surface area contributed by atoms with Gasteiger partial charge in [0.05, 0.1) is 6.04 Å². The van der Waals surface area contributed by atoms with Crippen molar-refractivity contribution in [2.24, 2.45) is 5.92 Å². The maximum absolute atomic E-state index is 5.99. The highest BCUT2D eigenvalue weighted by Gasteiger charge is 2.24. The third-order valence-electron chi connectivity index (χ3n) is 4.00. The second-order valence-corrected chi connectivity index (χ2v) is 5.71. The van der Waals surface area contributed by atoms with E-state index in [1.165, 1.54) is 32.1 Å². The van der Waals surface area contributed by atoms with Crippen LogP contribution in [0.1, 0.15) is 38.1 Å². The number of aromatic nitrogens is 3. The first kappa shape index (κ1) is 12.7. The summed E-state index contributed by atoms with van der Waals surface area (Å²) >= 11 is 5.99. The number of rotatable bonds is 3. The lowest BCUT2D eigenvalue weighted by atomic mass is 9.84. The molecule has 3 nitrogen and oxygen atoms in total. The molecule has 0 aliphatic heterocycles. The Balaban J connectivity index is 1.94. The van der Waals surface area contributed by atoms with Crippen LogP contribution in [0, 0.1) is 5.92 Å². The molecule has 1 atom stereocenters. The summed E-state index contributed by atoms with van der Waals surface area (Å²) in [5.74, 6) is 0.614. The van der Waals surface area contributed by atoms with Crippen molar-refractivity contribution in [3.8, 4) is 0 Å². The summed E-state index contributed by atoms with van der Waals surface area (Å²) in [5.41, 5.74) is 1.75. The zero-order valence-electron chi connectivity index (χ0n) is 10.9. The van der Waals surface area contributed by atoms with Crippen molar-refractivity contribution in [1.82, 2.24) is 15.0 Å². The van der Waals surface area contributed by atoms with Gasteiger partial charge in [-0.1, -0.05) is 36.9 Å². The lowest BCUT2D eigenvalue weighted by Crippen LogP contribution is -2.22. The van der Waals surface area contributed by atoms with Crippen molar-refractivity contribution in [1.29, 1.82) is 0 Å². The molecule has 100 valence electrons. The normalized spacial score (nSPS) is 18.6. The number of benzene rings is 1. The molecule has 0 amide bonds. The molecule has 1 aromatic carbocycles. The van der Waals surface area contributed by atoms with Crippen molar-refractivity contribution in [3.63, 3.8) is 0 Å². The summed E-state index contributed by atoms with van der Waals surface area (Å²) in [5, 5.41) is 9.85. The molecule has 0 N–H and O–H groups in total. The van der Waals surface area contributed by atoms with E-state index in [1.54, 1.807) is 0 Å².